The fraction of sp³-hybridized carbons (Fsp3) is 0.292. The van der Waals surface area contributed by atoms with Gasteiger partial charge < -0.3 is 14.2 Å². The van der Waals surface area contributed by atoms with Crippen LogP contribution < -0.4 is 0 Å². The fourth-order valence-corrected chi connectivity index (χ4v) is 3.12. The molecular formula is C24H25FN2O5. The molecule has 0 aliphatic heterocycles. The van der Waals surface area contributed by atoms with Crippen molar-refractivity contribution in [3.05, 3.63) is 71.2 Å². The van der Waals surface area contributed by atoms with Gasteiger partial charge in [0.1, 0.15) is 17.1 Å². The maximum atomic E-state index is 14.8. The van der Waals surface area contributed by atoms with E-state index in [-0.39, 0.29) is 29.7 Å². The number of methoxy groups -OCH3 is 2. The normalized spacial score (nSPS) is 11.8. The van der Waals surface area contributed by atoms with Crippen molar-refractivity contribution in [2.75, 3.05) is 14.2 Å². The van der Waals surface area contributed by atoms with Crippen molar-refractivity contribution in [2.45, 2.75) is 33.0 Å². The number of nitrogens with zero attached hydrogens (tertiary/aromatic N) is 2. The van der Waals surface area contributed by atoms with Gasteiger partial charge in [0, 0.05) is 11.1 Å². The molecule has 3 aromatic rings. The molecule has 0 spiro atoms. The number of hydrogen-bond acceptors (Lipinski definition) is 6. The summed E-state index contributed by atoms with van der Waals surface area (Å²) in [5.41, 5.74) is 1.12. The molecule has 7 nitrogen and oxygen atoms in total. The summed E-state index contributed by atoms with van der Waals surface area (Å²) < 4.78 is 31.5. The zero-order valence-electron chi connectivity index (χ0n) is 18.4. The van der Waals surface area contributed by atoms with E-state index >= 15 is 0 Å². The van der Waals surface area contributed by atoms with E-state index in [9.17, 15) is 14.0 Å². The van der Waals surface area contributed by atoms with Gasteiger partial charge in [-0.05, 0) is 31.5 Å². The minimum absolute atomic E-state index is 0.00388. The molecule has 0 N–H and O–H groups in total. The van der Waals surface area contributed by atoms with Crippen LogP contribution in [0.3, 0.4) is 0 Å². The highest BCUT2D eigenvalue weighted by atomic mass is 19.1. The Balaban J connectivity index is 2.16. The van der Waals surface area contributed by atoms with Gasteiger partial charge in [-0.2, -0.15) is 5.10 Å². The van der Waals surface area contributed by atoms with Gasteiger partial charge in [0.25, 0.3) is 0 Å². The Hall–Kier alpha value is -3.52. The molecule has 1 atom stereocenters. The molecule has 0 fully saturated rings. The second-order valence-electron chi connectivity index (χ2n) is 7.14. The first-order valence-corrected chi connectivity index (χ1v) is 10.2. The molecule has 32 heavy (non-hydrogen) atoms. The molecule has 0 amide bonds. The van der Waals surface area contributed by atoms with Gasteiger partial charge in [-0.15, -0.1) is 0 Å². The van der Waals surface area contributed by atoms with E-state index in [4.69, 9.17) is 14.2 Å². The second kappa shape index (κ2) is 10.2. The van der Waals surface area contributed by atoms with Gasteiger partial charge in [0.05, 0.1) is 32.6 Å². The number of carbonyl (C=O) groups excluding carboxylic acids is 2. The predicted molar refractivity (Wildman–Crippen MR) is 116 cm³/mol. The summed E-state index contributed by atoms with van der Waals surface area (Å²) >= 11 is 0. The average Bonchev–Trinajstić information content (AvgIpc) is 3.23. The number of ether oxygens (including phenoxy) is 3. The molecule has 8 heteroatoms. The summed E-state index contributed by atoms with van der Waals surface area (Å²) in [6.45, 7) is 4.02. The molecule has 0 radical (unpaired) electrons. The first kappa shape index (κ1) is 23.1. The van der Waals surface area contributed by atoms with Crippen molar-refractivity contribution in [3.63, 3.8) is 0 Å². The van der Waals surface area contributed by atoms with Crippen LogP contribution >= 0.6 is 0 Å². The van der Waals surface area contributed by atoms with E-state index in [1.807, 2.05) is 19.9 Å². The minimum atomic E-state index is -0.785. The lowest BCUT2D eigenvalue weighted by Crippen LogP contribution is -2.15. The lowest BCUT2D eigenvalue weighted by atomic mass is 10.0. The van der Waals surface area contributed by atoms with E-state index in [1.165, 1.54) is 25.0 Å². The van der Waals surface area contributed by atoms with Crippen LogP contribution in [0, 0.1) is 5.82 Å². The Morgan fingerprint density at radius 1 is 1.06 bits per heavy atom. The number of halogens is 1. The van der Waals surface area contributed by atoms with E-state index in [2.05, 4.69) is 5.10 Å². The summed E-state index contributed by atoms with van der Waals surface area (Å²) in [6, 6.07) is 13.3. The van der Waals surface area contributed by atoms with Crippen LogP contribution in [0.15, 0.2) is 48.5 Å². The Morgan fingerprint density at radius 3 is 2.34 bits per heavy atom. The third-order valence-electron chi connectivity index (χ3n) is 5.08. The first-order valence-electron chi connectivity index (χ1n) is 10.2. The molecular weight excluding hydrogens is 415 g/mol. The van der Waals surface area contributed by atoms with Gasteiger partial charge in [0.2, 0.25) is 0 Å². The molecule has 168 valence electrons. The largest absolute Gasteiger partial charge is 0.465 e. The van der Waals surface area contributed by atoms with Gasteiger partial charge in [-0.25, -0.2) is 18.7 Å². The Morgan fingerprint density at radius 2 is 1.75 bits per heavy atom. The minimum Gasteiger partial charge on any atom is -0.465 e. The van der Waals surface area contributed by atoms with E-state index in [0.29, 0.717) is 16.8 Å². The molecule has 1 unspecified atom stereocenters. The van der Waals surface area contributed by atoms with Crippen LogP contribution in [0.5, 0.6) is 0 Å². The molecule has 3 rings (SSSR count). The van der Waals surface area contributed by atoms with E-state index < -0.39 is 17.8 Å². The number of benzene rings is 2. The Kier molecular flexibility index (Phi) is 7.37. The van der Waals surface area contributed by atoms with Crippen LogP contribution in [0.2, 0.25) is 0 Å². The zero-order valence-corrected chi connectivity index (χ0v) is 18.4. The summed E-state index contributed by atoms with van der Waals surface area (Å²) in [6.07, 6.45) is 0.819. The fourth-order valence-electron chi connectivity index (χ4n) is 3.12. The molecule has 0 bridgehead atoms. The van der Waals surface area contributed by atoms with Crippen LogP contribution in [0.1, 0.15) is 46.7 Å². The number of hydrogen-bond donors (Lipinski definition) is 0. The van der Waals surface area contributed by atoms with Crippen LogP contribution in [-0.2, 0) is 20.8 Å². The van der Waals surface area contributed by atoms with Crippen molar-refractivity contribution < 1.29 is 28.2 Å². The molecule has 1 heterocycles. The number of rotatable bonds is 8. The average molecular weight is 440 g/mol. The molecule has 0 saturated heterocycles. The third kappa shape index (κ3) is 4.70. The van der Waals surface area contributed by atoms with Gasteiger partial charge in [-0.1, -0.05) is 37.3 Å². The lowest BCUT2D eigenvalue weighted by Gasteiger charge is -2.11. The van der Waals surface area contributed by atoms with Crippen LogP contribution in [0.25, 0.3) is 16.9 Å². The smallest absolute Gasteiger partial charge is 0.357 e. The van der Waals surface area contributed by atoms with E-state index in [0.717, 1.165) is 6.42 Å². The monoisotopic (exact) mass is 440 g/mol. The number of esters is 2. The van der Waals surface area contributed by atoms with Gasteiger partial charge in [-0.3, -0.25) is 0 Å². The highest BCUT2D eigenvalue weighted by Gasteiger charge is 2.31. The molecule has 0 saturated carbocycles. The number of para-hydroxylation sites is 1. The number of carbonyl (C=O) groups is 2. The Labute approximate surface area is 185 Å². The van der Waals surface area contributed by atoms with Crippen molar-refractivity contribution in [1.82, 2.24) is 9.78 Å². The standard InChI is InChI=1S/C24H25FN2O5/c1-5-15(2)32-14-17-12-11-16(13-19(17)25)21-20(23(28)30-3)22(24(29)31-4)27(26-21)18-9-7-6-8-10-18/h6-13,15H,5,14H2,1-4H3. The molecule has 0 aliphatic rings. The second-order valence-corrected chi connectivity index (χ2v) is 7.14. The Bertz CT molecular complexity index is 1110. The quantitative estimate of drug-likeness (QED) is 0.478. The summed E-state index contributed by atoms with van der Waals surface area (Å²) in [5, 5.41) is 4.46. The van der Waals surface area contributed by atoms with Crippen molar-refractivity contribution in [3.8, 4) is 16.9 Å². The van der Waals surface area contributed by atoms with Crippen LogP contribution in [-0.4, -0.2) is 42.0 Å². The molecule has 1 aromatic heterocycles. The highest BCUT2D eigenvalue weighted by Crippen LogP contribution is 2.30. The first-order chi connectivity index (χ1) is 15.4. The summed E-state index contributed by atoms with van der Waals surface area (Å²) in [7, 11) is 2.40. The maximum absolute atomic E-state index is 14.8. The van der Waals surface area contributed by atoms with Crippen molar-refractivity contribution in [2.24, 2.45) is 0 Å². The SMILES string of the molecule is CCC(C)OCc1ccc(-c2nn(-c3ccccc3)c(C(=O)OC)c2C(=O)OC)cc1F. The predicted octanol–water partition coefficient (Wildman–Crippen LogP) is 4.57. The highest BCUT2D eigenvalue weighted by molar-refractivity contribution is 6.06. The molecule has 2 aromatic carbocycles. The lowest BCUT2D eigenvalue weighted by molar-refractivity contribution is 0.0492. The zero-order chi connectivity index (χ0) is 23.3. The van der Waals surface area contributed by atoms with Crippen molar-refractivity contribution in [1.29, 1.82) is 0 Å². The summed E-state index contributed by atoms with van der Waals surface area (Å²) in [5.74, 6) is -2.06. The van der Waals surface area contributed by atoms with Crippen LogP contribution in [0.4, 0.5) is 4.39 Å². The maximum Gasteiger partial charge on any atom is 0.357 e. The van der Waals surface area contributed by atoms with Gasteiger partial charge in [0.15, 0.2) is 5.69 Å². The molecule has 0 aliphatic carbocycles. The topological polar surface area (TPSA) is 79.7 Å². The van der Waals surface area contributed by atoms with E-state index in [1.54, 1.807) is 36.4 Å². The summed E-state index contributed by atoms with van der Waals surface area (Å²) in [4.78, 5) is 25.3. The third-order valence-corrected chi connectivity index (χ3v) is 5.08. The van der Waals surface area contributed by atoms with Crippen molar-refractivity contribution >= 4 is 11.9 Å². The number of aromatic nitrogens is 2. The van der Waals surface area contributed by atoms with Gasteiger partial charge >= 0.3 is 11.9 Å².